The summed E-state index contributed by atoms with van der Waals surface area (Å²) in [5.41, 5.74) is 1.75. The summed E-state index contributed by atoms with van der Waals surface area (Å²) in [4.78, 5) is 30.9. The Morgan fingerprint density at radius 2 is 1.85 bits per heavy atom. The normalized spacial score (nSPS) is 9.85. The molecule has 20 heavy (non-hydrogen) atoms. The highest BCUT2D eigenvalue weighted by atomic mass is 16.2. The highest BCUT2D eigenvalue weighted by molar-refractivity contribution is 5.94. The quantitative estimate of drug-likeness (QED) is 0.859. The lowest BCUT2D eigenvalue weighted by Gasteiger charge is -2.05. The van der Waals surface area contributed by atoms with Crippen LogP contribution in [-0.4, -0.2) is 28.8 Å². The van der Waals surface area contributed by atoms with Gasteiger partial charge in [-0.3, -0.25) is 14.6 Å². The average molecular weight is 270 g/mol. The summed E-state index contributed by atoms with van der Waals surface area (Å²) < 4.78 is 0. The Balaban J connectivity index is 1.94. The summed E-state index contributed by atoms with van der Waals surface area (Å²) in [5.74, 6) is -0.423. The van der Waals surface area contributed by atoms with Crippen molar-refractivity contribution in [2.75, 3.05) is 7.05 Å². The monoisotopic (exact) mass is 270 g/mol. The molecular weight excluding hydrogens is 256 g/mol. The van der Waals surface area contributed by atoms with E-state index in [0.717, 1.165) is 5.56 Å². The van der Waals surface area contributed by atoms with E-state index in [-0.39, 0.29) is 17.5 Å². The number of rotatable bonds is 4. The summed E-state index contributed by atoms with van der Waals surface area (Å²) in [6, 6.07) is 7.01. The van der Waals surface area contributed by atoms with Gasteiger partial charge in [0.05, 0.1) is 6.20 Å². The average Bonchev–Trinajstić information content (AvgIpc) is 2.53. The van der Waals surface area contributed by atoms with Gasteiger partial charge in [-0.05, 0) is 17.7 Å². The molecule has 0 aliphatic rings. The lowest BCUT2D eigenvalue weighted by Crippen LogP contribution is -2.24. The minimum Gasteiger partial charge on any atom is -0.355 e. The summed E-state index contributed by atoms with van der Waals surface area (Å²) in [5, 5.41) is 5.28. The molecule has 1 heterocycles. The number of carbonyl (C=O) groups excluding carboxylic acids is 2. The molecule has 1 aromatic heterocycles. The topological polar surface area (TPSA) is 84.0 Å². The molecule has 1 aromatic carbocycles. The van der Waals surface area contributed by atoms with Crippen LogP contribution in [0.25, 0.3) is 0 Å². The first-order chi connectivity index (χ1) is 9.70. The van der Waals surface area contributed by atoms with E-state index < -0.39 is 0 Å². The van der Waals surface area contributed by atoms with E-state index in [1.807, 2.05) is 0 Å². The largest absolute Gasteiger partial charge is 0.355 e. The highest BCUT2D eigenvalue weighted by Gasteiger charge is 2.07. The second-order valence-corrected chi connectivity index (χ2v) is 4.05. The summed E-state index contributed by atoms with van der Waals surface area (Å²) in [6.07, 6.45) is 4.38. The smallest absolute Gasteiger partial charge is 0.271 e. The summed E-state index contributed by atoms with van der Waals surface area (Å²) >= 11 is 0. The molecule has 0 radical (unpaired) electrons. The van der Waals surface area contributed by atoms with Gasteiger partial charge in [-0.15, -0.1) is 0 Å². The lowest BCUT2D eigenvalue weighted by atomic mass is 10.1. The number of hydrogen-bond acceptors (Lipinski definition) is 4. The van der Waals surface area contributed by atoms with Crippen LogP contribution in [0.4, 0.5) is 0 Å². The van der Waals surface area contributed by atoms with E-state index in [9.17, 15) is 9.59 Å². The fourth-order valence-electron chi connectivity index (χ4n) is 1.61. The first-order valence-electron chi connectivity index (χ1n) is 6.06. The Morgan fingerprint density at radius 3 is 2.45 bits per heavy atom. The van der Waals surface area contributed by atoms with Gasteiger partial charge in [-0.25, -0.2) is 4.98 Å². The van der Waals surface area contributed by atoms with Crippen molar-refractivity contribution in [1.82, 2.24) is 20.6 Å². The van der Waals surface area contributed by atoms with Crippen LogP contribution in [-0.2, 0) is 6.54 Å². The van der Waals surface area contributed by atoms with E-state index in [2.05, 4.69) is 20.6 Å². The van der Waals surface area contributed by atoms with Crippen LogP contribution in [0, 0.1) is 0 Å². The van der Waals surface area contributed by atoms with Crippen molar-refractivity contribution in [2.24, 2.45) is 0 Å². The van der Waals surface area contributed by atoms with Crippen LogP contribution < -0.4 is 10.6 Å². The standard InChI is InChI=1S/C14H14N4O2/c1-15-13(19)11-4-2-10(3-5-11)8-18-14(20)12-9-16-6-7-17-12/h2-7,9H,8H2,1H3,(H,15,19)(H,18,20). The minimum absolute atomic E-state index is 0.139. The maximum Gasteiger partial charge on any atom is 0.271 e. The zero-order chi connectivity index (χ0) is 14.4. The van der Waals surface area contributed by atoms with Crippen LogP contribution in [0.5, 0.6) is 0 Å². The Bertz CT molecular complexity index is 596. The second-order valence-electron chi connectivity index (χ2n) is 4.05. The Kier molecular flexibility index (Phi) is 4.39. The van der Waals surface area contributed by atoms with E-state index >= 15 is 0 Å². The highest BCUT2D eigenvalue weighted by Crippen LogP contribution is 2.04. The van der Waals surface area contributed by atoms with Crippen molar-refractivity contribution < 1.29 is 9.59 Å². The Morgan fingerprint density at radius 1 is 1.10 bits per heavy atom. The number of benzene rings is 1. The molecule has 0 atom stereocenters. The molecule has 0 fully saturated rings. The van der Waals surface area contributed by atoms with Gasteiger partial charge >= 0.3 is 0 Å². The number of amides is 2. The molecule has 6 nitrogen and oxygen atoms in total. The Labute approximate surface area is 116 Å². The Hall–Kier alpha value is -2.76. The second kappa shape index (κ2) is 6.42. The van der Waals surface area contributed by atoms with Crippen LogP contribution >= 0.6 is 0 Å². The van der Waals surface area contributed by atoms with E-state index in [4.69, 9.17) is 0 Å². The molecule has 2 N–H and O–H groups in total. The van der Waals surface area contributed by atoms with Gasteiger partial charge in [-0.2, -0.15) is 0 Å². The third-order valence-corrected chi connectivity index (χ3v) is 2.69. The molecule has 0 aliphatic heterocycles. The number of aromatic nitrogens is 2. The van der Waals surface area contributed by atoms with Gasteiger partial charge in [-0.1, -0.05) is 12.1 Å². The molecule has 2 amide bonds. The molecule has 6 heteroatoms. The molecule has 0 aliphatic carbocycles. The van der Waals surface area contributed by atoms with Crippen LogP contribution in [0.1, 0.15) is 26.4 Å². The maximum absolute atomic E-state index is 11.8. The van der Waals surface area contributed by atoms with Gasteiger partial charge in [0, 0.05) is 31.5 Å². The molecule has 0 bridgehead atoms. The molecule has 0 saturated heterocycles. The van der Waals surface area contributed by atoms with Crippen molar-refractivity contribution >= 4 is 11.8 Å². The van der Waals surface area contributed by atoms with E-state index in [1.165, 1.54) is 18.6 Å². The van der Waals surface area contributed by atoms with Gasteiger partial charge < -0.3 is 10.6 Å². The van der Waals surface area contributed by atoms with Crippen molar-refractivity contribution in [3.05, 3.63) is 59.7 Å². The predicted molar refractivity (Wildman–Crippen MR) is 73.0 cm³/mol. The van der Waals surface area contributed by atoms with Crippen LogP contribution in [0.2, 0.25) is 0 Å². The number of carbonyl (C=O) groups is 2. The summed E-state index contributed by atoms with van der Waals surface area (Å²) in [7, 11) is 1.58. The third kappa shape index (κ3) is 3.38. The summed E-state index contributed by atoms with van der Waals surface area (Å²) in [6.45, 7) is 0.365. The molecule has 0 saturated carbocycles. The van der Waals surface area contributed by atoms with Crippen molar-refractivity contribution in [3.8, 4) is 0 Å². The van der Waals surface area contributed by atoms with E-state index in [1.54, 1.807) is 31.3 Å². The first kappa shape index (κ1) is 13.7. The number of nitrogens with zero attached hydrogens (tertiary/aromatic N) is 2. The van der Waals surface area contributed by atoms with Crippen molar-refractivity contribution in [3.63, 3.8) is 0 Å². The van der Waals surface area contributed by atoms with Crippen molar-refractivity contribution in [1.29, 1.82) is 0 Å². The van der Waals surface area contributed by atoms with E-state index in [0.29, 0.717) is 12.1 Å². The molecular formula is C14H14N4O2. The lowest BCUT2D eigenvalue weighted by molar-refractivity contribution is 0.0941. The molecule has 102 valence electrons. The zero-order valence-electron chi connectivity index (χ0n) is 11.0. The molecule has 0 unspecified atom stereocenters. The SMILES string of the molecule is CNC(=O)c1ccc(CNC(=O)c2cnccn2)cc1. The van der Waals surface area contributed by atoms with Crippen LogP contribution in [0.3, 0.4) is 0 Å². The predicted octanol–water partition coefficient (Wildman–Crippen LogP) is 0.766. The minimum atomic E-state index is -0.284. The molecule has 0 spiro atoms. The molecule has 2 rings (SSSR count). The zero-order valence-corrected chi connectivity index (χ0v) is 11.0. The van der Waals surface area contributed by atoms with Gasteiger partial charge in [0.25, 0.3) is 11.8 Å². The maximum atomic E-state index is 11.8. The van der Waals surface area contributed by atoms with Crippen molar-refractivity contribution in [2.45, 2.75) is 6.54 Å². The third-order valence-electron chi connectivity index (χ3n) is 2.69. The van der Waals surface area contributed by atoms with Gasteiger partial charge in [0.2, 0.25) is 0 Å². The molecule has 2 aromatic rings. The van der Waals surface area contributed by atoms with Gasteiger partial charge in [0.1, 0.15) is 5.69 Å². The first-order valence-corrected chi connectivity index (χ1v) is 6.06. The fraction of sp³-hybridized carbons (Fsp3) is 0.143. The number of nitrogens with one attached hydrogen (secondary N) is 2. The van der Waals surface area contributed by atoms with Crippen LogP contribution in [0.15, 0.2) is 42.9 Å². The fourth-order valence-corrected chi connectivity index (χ4v) is 1.61. The number of hydrogen-bond donors (Lipinski definition) is 2. The van der Waals surface area contributed by atoms with Gasteiger partial charge in [0.15, 0.2) is 0 Å².